The number of rotatable bonds is 5. The zero-order valence-corrected chi connectivity index (χ0v) is 16.2. The van der Waals surface area contributed by atoms with Crippen LogP contribution in [0.15, 0.2) is 82.7 Å². The molecule has 29 heavy (non-hydrogen) atoms. The Kier molecular flexibility index (Phi) is 5.95. The van der Waals surface area contributed by atoms with Gasteiger partial charge in [-0.2, -0.15) is 21.6 Å². The lowest BCUT2D eigenvalue weighted by Gasteiger charge is -2.07. The molecule has 0 spiro atoms. The lowest BCUT2D eigenvalue weighted by molar-refractivity contribution is -0.137. The summed E-state index contributed by atoms with van der Waals surface area (Å²) in [6, 6.07) is 16.0. The number of aliphatic imine (C=N–C) groups is 1. The minimum atomic E-state index is -4.44. The molecule has 0 aliphatic rings. The first-order chi connectivity index (χ1) is 13.6. The summed E-state index contributed by atoms with van der Waals surface area (Å²) in [7, 11) is -4.02. The number of alkyl halides is 3. The molecule has 3 aromatic carbocycles. The minimum Gasteiger partial charge on any atom is -0.379 e. The van der Waals surface area contributed by atoms with Crippen molar-refractivity contribution in [1.29, 1.82) is 0 Å². The normalized spacial score (nSPS) is 12.3. The van der Waals surface area contributed by atoms with Gasteiger partial charge in [0.1, 0.15) is 10.6 Å². The molecule has 9 heteroatoms. The van der Waals surface area contributed by atoms with E-state index in [1.54, 1.807) is 0 Å². The van der Waals surface area contributed by atoms with Crippen LogP contribution in [0, 0.1) is 0 Å². The van der Waals surface area contributed by atoms with Crippen molar-refractivity contribution < 1.29 is 25.8 Å². The topological polar surface area (TPSA) is 55.7 Å². The van der Waals surface area contributed by atoms with Crippen molar-refractivity contribution in [1.82, 2.24) is 0 Å². The van der Waals surface area contributed by atoms with Gasteiger partial charge in [-0.15, -0.1) is 0 Å². The molecule has 3 aromatic rings. The number of benzene rings is 3. The van der Waals surface area contributed by atoms with Gasteiger partial charge in [-0.05, 0) is 72.3 Å². The molecule has 0 radical (unpaired) electrons. The standard InChI is InChI=1S/C20H13ClF3NO3S/c21-16-6-10-19(11-7-16)29(26,27)28-18-8-4-14(5-9-18)13-25-17-3-1-2-15(12-17)20(22,23)24/h1-13H/b25-13+. The van der Waals surface area contributed by atoms with Gasteiger partial charge in [0, 0.05) is 11.2 Å². The van der Waals surface area contributed by atoms with Crippen molar-refractivity contribution in [2.45, 2.75) is 11.1 Å². The third-order valence-corrected chi connectivity index (χ3v) is 5.24. The van der Waals surface area contributed by atoms with Gasteiger partial charge in [-0.3, -0.25) is 4.99 Å². The van der Waals surface area contributed by atoms with Gasteiger partial charge in [0.2, 0.25) is 0 Å². The largest absolute Gasteiger partial charge is 0.416 e. The van der Waals surface area contributed by atoms with Crippen LogP contribution in [0.3, 0.4) is 0 Å². The lowest BCUT2D eigenvalue weighted by Crippen LogP contribution is -2.09. The Bertz CT molecular complexity index is 1130. The Morgan fingerprint density at radius 1 is 0.931 bits per heavy atom. The Morgan fingerprint density at radius 2 is 1.59 bits per heavy atom. The highest BCUT2D eigenvalue weighted by atomic mass is 35.5. The second-order valence-corrected chi connectivity index (χ2v) is 7.85. The summed E-state index contributed by atoms with van der Waals surface area (Å²) < 4.78 is 67.7. The zero-order chi connectivity index (χ0) is 21.1. The van der Waals surface area contributed by atoms with Crippen LogP contribution in [0.25, 0.3) is 0 Å². The fraction of sp³-hybridized carbons (Fsp3) is 0.0500. The minimum absolute atomic E-state index is 0.0444. The second-order valence-electron chi connectivity index (χ2n) is 5.87. The monoisotopic (exact) mass is 439 g/mol. The van der Waals surface area contributed by atoms with Crippen LogP contribution in [-0.4, -0.2) is 14.6 Å². The van der Waals surface area contributed by atoms with Gasteiger partial charge >= 0.3 is 16.3 Å². The molecule has 4 nitrogen and oxygen atoms in total. The lowest BCUT2D eigenvalue weighted by atomic mass is 10.2. The predicted octanol–water partition coefficient (Wildman–Crippen LogP) is 5.88. The fourth-order valence-corrected chi connectivity index (χ4v) is 3.35. The Labute approximate surface area is 170 Å². The van der Waals surface area contributed by atoms with E-state index in [0.29, 0.717) is 10.6 Å². The van der Waals surface area contributed by atoms with E-state index in [2.05, 4.69) is 4.99 Å². The third-order valence-electron chi connectivity index (χ3n) is 3.72. The molecule has 0 bridgehead atoms. The van der Waals surface area contributed by atoms with E-state index in [1.165, 1.54) is 66.9 Å². The van der Waals surface area contributed by atoms with Crippen molar-refractivity contribution in [2.75, 3.05) is 0 Å². The predicted molar refractivity (Wildman–Crippen MR) is 104 cm³/mol. The summed E-state index contributed by atoms with van der Waals surface area (Å²) >= 11 is 5.74. The maximum absolute atomic E-state index is 12.7. The van der Waals surface area contributed by atoms with Crippen LogP contribution in [0.2, 0.25) is 5.02 Å². The van der Waals surface area contributed by atoms with Gasteiger partial charge in [-0.25, -0.2) is 0 Å². The van der Waals surface area contributed by atoms with Crippen molar-refractivity contribution in [3.63, 3.8) is 0 Å². The number of halogens is 4. The Hall–Kier alpha value is -2.84. The SMILES string of the molecule is O=S(=O)(Oc1ccc(/C=N/c2cccc(C(F)(F)F)c2)cc1)c1ccc(Cl)cc1. The van der Waals surface area contributed by atoms with Crippen LogP contribution in [-0.2, 0) is 16.3 Å². The average molecular weight is 440 g/mol. The maximum atomic E-state index is 12.7. The Morgan fingerprint density at radius 3 is 2.21 bits per heavy atom. The highest BCUT2D eigenvalue weighted by Crippen LogP contribution is 2.31. The van der Waals surface area contributed by atoms with Crippen molar-refractivity contribution in [3.8, 4) is 5.75 Å². The molecule has 0 saturated heterocycles. The molecular formula is C20H13ClF3NO3S. The number of hydrogen-bond donors (Lipinski definition) is 0. The number of hydrogen-bond acceptors (Lipinski definition) is 4. The van der Waals surface area contributed by atoms with Gasteiger partial charge in [0.05, 0.1) is 11.3 Å². The molecule has 0 aliphatic carbocycles. The number of nitrogens with zero attached hydrogens (tertiary/aromatic N) is 1. The van der Waals surface area contributed by atoms with Gasteiger partial charge in [-0.1, -0.05) is 17.7 Å². The average Bonchev–Trinajstić information content (AvgIpc) is 2.67. The summed E-state index contributed by atoms with van der Waals surface area (Å²) in [5.41, 5.74) is -0.0903. The molecule has 0 heterocycles. The van der Waals surface area contributed by atoms with Crippen molar-refractivity contribution in [3.05, 3.63) is 88.9 Å². The summed E-state index contributed by atoms with van der Waals surface area (Å²) in [6.45, 7) is 0. The van der Waals surface area contributed by atoms with Gasteiger partial charge in [0.25, 0.3) is 0 Å². The fourth-order valence-electron chi connectivity index (χ4n) is 2.30. The molecule has 0 aliphatic heterocycles. The van der Waals surface area contributed by atoms with Crippen LogP contribution in [0.1, 0.15) is 11.1 Å². The van der Waals surface area contributed by atoms with Gasteiger partial charge in [0.15, 0.2) is 0 Å². The van der Waals surface area contributed by atoms with E-state index in [-0.39, 0.29) is 16.3 Å². The Balaban J connectivity index is 1.72. The molecule has 0 unspecified atom stereocenters. The highest BCUT2D eigenvalue weighted by molar-refractivity contribution is 7.87. The highest BCUT2D eigenvalue weighted by Gasteiger charge is 2.30. The van der Waals surface area contributed by atoms with E-state index in [1.807, 2.05) is 0 Å². The molecule has 0 fully saturated rings. The van der Waals surface area contributed by atoms with Gasteiger partial charge < -0.3 is 4.18 Å². The molecule has 0 N–H and O–H groups in total. The van der Waals surface area contributed by atoms with E-state index < -0.39 is 21.9 Å². The first-order valence-corrected chi connectivity index (χ1v) is 9.93. The van der Waals surface area contributed by atoms with E-state index >= 15 is 0 Å². The van der Waals surface area contributed by atoms with Crippen LogP contribution in [0.5, 0.6) is 5.75 Å². The van der Waals surface area contributed by atoms with Crippen molar-refractivity contribution in [2.24, 2.45) is 4.99 Å². The zero-order valence-electron chi connectivity index (χ0n) is 14.6. The molecule has 0 saturated carbocycles. The van der Waals surface area contributed by atoms with E-state index in [4.69, 9.17) is 15.8 Å². The summed E-state index contributed by atoms with van der Waals surface area (Å²) in [6.07, 6.45) is -3.08. The third kappa shape index (κ3) is 5.58. The smallest absolute Gasteiger partial charge is 0.379 e. The van der Waals surface area contributed by atoms with E-state index in [9.17, 15) is 21.6 Å². The quantitative estimate of drug-likeness (QED) is 0.368. The first kappa shape index (κ1) is 20.9. The molecule has 3 rings (SSSR count). The van der Waals surface area contributed by atoms with Crippen LogP contribution < -0.4 is 4.18 Å². The summed E-state index contributed by atoms with van der Waals surface area (Å²) in [5, 5.41) is 0.397. The maximum Gasteiger partial charge on any atom is 0.416 e. The van der Waals surface area contributed by atoms with Crippen LogP contribution in [0.4, 0.5) is 18.9 Å². The first-order valence-electron chi connectivity index (χ1n) is 8.15. The molecule has 0 atom stereocenters. The summed E-state index contributed by atoms with van der Waals surface area (Å²) in [4.78, 5) is 3.97. The van der Waals surface area contributed by atoms with E-state index in [0.717, 1.165) is 12.1 Å². The summed E-state index contributed by atoms with van der Waals surface area (Å²) in [5.74, 6) is 0.0798. The van der Waals surface area contributed by atoms with Crippen molar-refractivity contribution >= 4 is 33.6 Å². The molecule has 0 amide bonds. The second kappa shape index (κ2) is 8.26. The molecular weight excluding hydrogens is 427 g/mol. The van der Waals surface area contributed by atoms with Crippen LogP contribution >= 0.6 is 11.6 Å². The molecule has 0 aromatic heterocycles. The molecule has 150 valence electrons.